The third-order valence-electron chi connectivity index (χ3n) is 3.89. The van der Waals surface area contributed by atoms with Gasteiger partial charge in [-0.2, -0.15) is 0 Å². The molecule has 1 aliphatic heterocycles. The van der Waals surface area contributed by atoms with Crippen molar-refractivity contribution in [1.29, 1.82) is 0 Å². The van der Waals surface area contributed by atoms with Gasteiger partial charge in [0.25, 0.3) is 0 Å². The van der Waals surface area contributed by atoms with Gasteiger partial charge in [0, 0.05) is 38.3 Å². The molecule has 0 spiro atoms. The summed E-state index contributed by atoms with van der Waals surface area (Å²) in [5.41, 5.74) is 0. The normalized spacial score (nSPS) is 23.7. The van der Waals surface area contributed by atoms with Crippen LogP contribution in [0.25, 0.3) is 0 Å². The quantitative estimate of drug-likeness (QED) is 0.642. The highest BCUT2D eigenvalue weighted by Gasteiger charge is 2.25. The van der Waals surface area contributed by atoms with Gasteiger partial charge in [0.15, 0.2) is 0 Å². The van der Waals surface area contributed by atoms with Gasteiger partial charge in [0.05, 0.1) is 6.61 Å². The van der Waals surface area contributed by atoms with E-state index in [-0.39, 0.29) is 0 Å². The van der Waals surface area contributed by atoms with Gasteiger partial charge in [-0.05, 0) is 39.9 Å². The molecule has 0 saturated carbocycles. The summed E-state index contributed by atoms with van der Waals surface area (Å²) in [7, 11) is 4.48. The average molecular weight is 271 g/mol. The van der Waals surface area contributed by atoms with Crippen molar-refractivity contribution in [2.45, 2.75) is 45.2 Å². The Balaban J connectivity index is 2.39. The number of nitrogens with zero attached hydrogens (tertiary/aromatic N) is 2. The van der Waals surface area contributed by atoms with E-state index >= 15 is 0 Å². The van der Waals surface area contributed by atoms with Crippen molar-refractivity contribution >= 4 is 0 Å². The number of hydrogen-bond donors (Lipinski definition) is 1. The zero-order chi connectivity index (χ0) is 14.1. The van der Waals surface area contributed by atoms with Gasteiger partial charge in [-0.1, -0.05) is 13.8 Å². The fourth-order valence-corrected chi connectivity index (χ4v) is 2.61. The predicted molar refractivity (Wildman–Crippen MR) is 81.7 cm³/mol. The molecule has 2 atom stereocenters. The molecule has 4 heteroatoms. The number of piperazine rings is 1. The summed E-state index contributed by atoms with van der Waals surface area (Å²) in [5.74, 6) is 0. The first-order chi connectivity index (χ1) is 9.17. The van der Waals surface area contributed by atoms with Crippen molar-refractivity contribution in [2.75, 3.05) is 53.5 Å². The molecule has 0 aromatic carbocycles. The van der Waals surface area contributed by atoms with E-state index in [4.69, 9.17) is 4.74 Å². The van der Waals surface area contributed by atoms with Crippen LogP contribution in [0.1, 0.15) is 33.1 Å². The van der Waals surface area contributed by atoms with E-state index in [2.05, 4.69) is 43.1 Å². The molecule has 1 fully saturated rings. The van der Waals surface area contributed by atoms with Crippen LogP contribution in [0.4, 0.5) is 0 Å². The molecule has 114 valence electrons. The smallest absolute Gasteiger partial charge is 0.0620 e. The highest BCUT2D eigenvalue weighted by atomic mass is 16.5. The summed E-state index contributed by atoms with van der Waals surface area (Å²) in [6.07, 6.45) is 3.47. The molecule has 1 aliphatic rings. The molecule has 1 saturated heterocycles. The summed E-state index contributed by atoms with van der Waals surface area (Å²) in [4.78, 5) is 4.94. The Morgan fingerprint density at radius 3 is 2.68 bits per heavy atom. The standard InChI is InChI=1S/C15H33N3O/c1-5-7-16-14(13-19-10-6-2)11-15-12-17(3)8-9-18(15)4/h14-16H,5-13H2,1-4H3. The molecule has 0 amide bonds. The first-order valence-electron chi connectivity index (χ1n) is 7.87. The third-order valence-corrected chi connectivity index (χ3v) is 3.89. The van der Waals surface area contributed by atoms with Crippen molar-refractivity contribution in [3.63, 3.8) is 0 Å². The second-order valence-corrected chi connectivity index (χ2v) is 5.86. The fourth-order valence-electron chi connectivity index (χ4n) is 2.61. The largest absolute Gasteiger partial charge is 0.380 e. The summed E-state index contributed by atoms with van der Waals surface area (Å²) < 4.78 is 5.75. The summed E-state index contributed by atoms with van der Waals surface area (Å²) in [6, 6.07) is 1.14. The van der Waals surface area contributed by atoms with Crippen LogP contribution in [0.15, 0.2) is 0 Å². The molecule has 1 N–H and O–H groups in total. The second-order valence-electron chi connectivity index (χ2n) is 5.86. The lowest BCUT2D eigenvalue weighted by Crippen LogP contribution is -2.52. The Labute approximate surface area is 119 Å². The molecule has 0 radical (unpaired) electrons. The van der Waals surface area contributed by atoms with E-state index in [1.54, 1.807) is 0 Å². The maximum Gasteiger partial charge on any atom is 0.0620 e. The maximum absolute atomic E-state index is 5.75. The number of hydrogen-bond acceptors (Lipinski definition) is 4. The molecule has 0 aromatic rings. The Hall–Kier alpha value is -0.160. The molecular weight excluding hydrogens is 238 g/mol. The molecular formula is C15H33N3O. The molecule has 0 aromatic heterocycles. The molecule has 1 rings (SSSR count). The van der Waals surface area contributed by atoms with E-state index in [1.807, 2.05) is 0 Å². The van der Waals surface area contributed by atoms with Crippen molar-refractivity contribution in [2.24, 2.45) is 0 Å². The topological polar surface area (TPSA) is 27.7 Å². The minimum absolute atomic E-state index is 0.491. The lowest BCUT2D eigenvalue weighted by Gasteiger charge is -2.39. The van der Waals surface area contributed by atoms with E-state index in [9.17, 15) is 0 Å². The molecule has 4 nitrogen and oxygen atoms in total. The van der Waals surface area contributed by atoms with E-state index in [1.165, 1.54) is 32.5 Å². The Bertz CT molecular complexity index is 225. The zero-order valence-electron chi connectivity index (χ0n) is 13.3. The van der Waals surface area contributed by atoms with Crippen LogP contribution in [-0.2, 0) is 4.74 Å². The van der Waals surface area contributed by atoms with Gasteiger partial charge >= 0.3 is 0 Å². The van der Waals surface area contributed by atoms with Crippen molar-refractivity contribution in [3.8, 4) is 0 Å². The Morgan fingerprint density at radius 1 is 1.21 bits per heavy atom. The Morgan fingerprint density at radius 2 is 2.00 bits per heavy atom. The monoisotopic (exact) mass is 271 g/mol. The average Bonchev–Trinajstić information content (AvgIpc) is 2.40. The van der Waals surface area contributed by atoms with Crippen LogP contribution in [0.5, 0.6) is 0 Å². The van der Waals surface area contributed by atoms with Gasteiger partial charge in [-0.3, -0.25) is 0 Å². The molecule has 19 heavy (non-hydrogen) atoms. The highest BCUT2D eigenvalue weighted by molar-refractivity contribution is 4.83. The summed E-state index contributed by atoms with van der Waals surface area (Å²) in [5, 5.41) is 3.64. The molecule has 1 heterocycles. The van der Waals surface area contributed by atoms with Crippen molar-refractivity contribution in [3.05, 3.63) is 0 Å². The highest BCUT2D eigenvalue weighted by Crippen LogP contribution is 2.12. The Kier molecular flexibility index (Phi) is 8.62. The minimum Gasteiger partial charge on any atom is -0.380 e. The number of ether oxygens (including phenoxy) is 1. The number of nitrogens with one attached hydrogen (secondary N) is 1. The van der Waals surface area contributed by atoms with Crippen LogP contribution in [0.2, 0.25) is 0 Å². The molecule has 0 bridgehead atoms. The lowest BCUT2D eigenvalue weighted by molar-refractivity contribution is 0.0708. The first-order valence-corrected chi connectivity index (χ1v) is 7.87. The van der Waals surface area contributed by atoms with Gasteiger partial charge in [-0.25, -0.2) is 0 Å². The van der Waals surface area contributed by atoms with Crippen molar-refractivity contribution in [1.82, 2.24) is 15.1 Å². The minimum atomic E-state index is 0.491. The zero-order valence-corrected chi connectivity index (χ0v) is 13.3. The maximum atomic E-state index is 5.75. The fraction of sp³-hybridized carbons (Fsp3) is 1.00. The number of likely N-dealkylation sites (N-methyl/N-ethyl adjacent to an activating group) is 2. The molecule has 0 aliphatic carbocycles. The van der Waals surface area contributed by atoms with Crippen LogP contribution >= 0.6 is 0 Å². The second kappa shape index (κ2) is 9.70. The van der Waals surface area contributed by atoms with Crippen molar-refractivity contribution < 1.29 is 4.74 Å². The number of rotatable bonds is 9. The van der Waals surface area contributed by atoms with Crippen LogP contribution in [0.3, 0.4) is 0 Å². The van der Waals surface area contributed by atoms with E-state index in [0.717, 1.165) is 26.2 Å². The SMILES string of the molecule is CCCNC(COCCC)CC1CN(C)CCN1C. The van der Waals surface area contributed by atoms with Gasteiger partial charge in [0.2, 0.25) is 0 Å². The van der Waals surface area contributed by atoms with Gasteiger partial charge < -0.3 is 19.9 Å². The van der Waals surface area contributed by atoms with E-state index < -0.39 is 0 Å². The first kappa shape index (κ1) is 16.9. The molecule has 2 unspecified atom stereocenters. The van der Waals surface area contributed by atoms with Crippen LogP contribution in [-0.4, -0.2) is 75.4 Å². The summed E-state index contributed by atoms with van der Waals surface area (Å²) in [6.45, 7) is 10.7. The van der Waals surface area contributed by atoms with Crippen LogP contribution < -0.4 is 5.32 Å². The third kappa shape index (κ3) is 6.70. The predicted octanol–water partition coefficient (Wildman–Crippen LogP) is 1.42. The lowest BCUT2D eigenvalue weighted by atomic mass is 10.0. The van der Waals surface area contributed by atoms with E-state index in [0.29, 0.717) is 12.1 Å². The van der Waals surface area contributed by atoms with Gasteiger partial charge in [0.1, 0.15) is 0 Å². The summed E-state index contributed by atoms with van der Waals surface area (Å²) >= 11 is 0. The van der Waals surface area contributed by atoms with Gasteiger partial charge in [-0.15, -0.1) is 0 Å². The van der Waals surface area contributed by atoms with Crippen LogP contribution in [0, 0.1) is 0 Å².